The highest BCUT2D eigenvalue weighted by Crippen LogP contribution is 2.60. The number of hydrogen-bond acceptors (Lipinski definition) is 0. The summed E-state index contributed by atoms with van der Waals surface area (Å²) < 4.78 is 0. The smallest absolute Gasteiger partial charge is 0.0000253 e. The van der Waals surface area contributed by atoms with Gasteiger partial charge in [0.15, 0.2) is 0 Å². The van der Waals surface area contributed by atoms with Crippen molar-refractivity contribution in [2.24, 2.45) is 0 Å². The van der Waals surface area contributed by atoms with Crippen molar-refractivity contribution in [3.8, 4) is 22.3 Å². The predicted octanol–water partition coefficient (Wildman–Crippen LogP) is 15.6. The zero-order chi connectivity index (χ0) is 35.5. The Kier molecular flexibility index (Phi) is 4.67. The first-order valence-corrected chi connectivity index (χ1v) is 19.4. The van der Waals surface area contributed by atoms with Crippen LogP contribution in [0.5, 0.6) is 0 Å². The molecule has 14 aromatic carbocycles. The molecular weight excluding hydrogens is 649 g/mol. The van der Waals surface area contributed by atoms with Gasteiger partial charge in [0.05, 0.1) is 0 Å². The van der Waals surface area contributed by atoms with E-state index in [2.05, 4.69) is 149 Å². The fourth-order valence-electron chi connectivity index (χ4n) is 12.0. The predicted molar refractivity (Wildman–Crippen MR) is 236 cm³/mol. The minimum absolute atomic E-state index is 1.33. The molecule has 0 saturated carbocycles. The molecule has 0 radical (unpaired) electrons. The van der Waals surface area contributed by atoms with Gasteiger partial charge in [-0.3, -0.25) is 0 Å². The number of fused-ring (bicyclic) bond motifs is 2. The van der Waals surface area contributed by atoms with Gasteiger partial charge in [-0.25, -0.2) is 0 Å². The van der Waals surface area contributed by atoms with Crippen LogP contribution in [0.3, 0.4) is 0 Å². The van der Waals surface area contributed by atoms with E-state index in [4.69, 9.17) is 0 Å². The van der Waals surface area contributed by atoms with Crippen molar-refractivity contribution in [1.82, 2.24) is 0 Å². The Labute approximate surface area is 310 Å². The largest absolute Gasteiger partial charge is 0.0617 e. The quantitative estimate of drug-likeness (QED) is 0.126. The average Bonchev–Trinajstić information content (AvgIpc) is 3.19. The summed E-state index contributed by atoms with van der Waals surface area (Å²) in [6.45, 7) is 9.16. The molecule has 0 saturated heterocycles. The second-order valence-corrected chi connectivity index (χ2v) is 16.4. The average molecular weight is 681 g/mol. The van der Waals surface area contributed by atoms with Crippen molar-refractivity contribution in [2.45, 2.75) is 27.7 Å². The van der Waals surface area contributed by atoms with Crippen LogP contribution in [0.1, 0.15) is 22.3 Å². The Balaban J connectivity index is 1.40. The van der Waals surface area contributed by atoms with Crippen molar-refractivity contribution in [3.05, 3.63) is 144 Å². The Hall–Kier alpha value is -6.50. The van der Waals surface area contributed by atoms with Crippen molar-refractivity contribution in [3.63, 3.8) is 0 Å². The van der Waals surface area contributed by atoms with Gasteiger partial charge in [-0.1, -0.05) is 121 Å². The lowest BCUT2D eigenvalue weighted by atomic mass is 9.72. The standard InChI is InChI=1S/C54H32/c1-25-9-5-10-26(2)39(25)45-35-15-7-13-31-33-21-18-30-20-24-38-46(40-27(3)11-6-12-28(40)4)36-16-8-14-32-34-22-17-29-19-23-37(45)49-41(29)47(34)54-52(44(32)36)50(38)42(30)48(33)53(54)51(49)43(31)35/h5-24H,1-4H3. The second-order valence-electron chi connectivity index (χ2n) is 16.4. The van der Waals surface area contributed by atoms with Crippen molar-refractivity contribution < 1.29 is 0 Å². The maximum atomic E-state index is 2.44. The molecule has 0 amide bonds. The number of benzene rings is 14. The summed E-state index contributed by atoms with van der Waals surface area (Å²) in [4.78, 5) is 0. The molecule has 0 N–H and O–H groups in total. The van der Waals surface area contributed by atoms with Crippen LogP contribution in [-0.4, -0.2) is 0 Å². The van der Waals surface area contributed by atoms with Crippen molar-refractivity contribution in [1.29, 1.82) is 0 Å². The van der Waals surface area contributed by atoms with Gasteiger partial charge >= 0.3 is 0 Å². The highest BCUT2D eigenvalue weighted by atomic mass is 14.3. The highest BCUT2D eigenvalue weighted by molar-refractivity contribution is 6.59. The lowest BCUT2D eigenvalue weighted by molar-refractivity contribution is 1.39. The van der Waals surface area contributed by atoms with Crippen molar-refractivity contribution >= 4 is 118 Å². The van der Waals surface area contributed by atoms with Gasteiger partial charge in [-0.2, -0.15) is 0 Å². The summed E-state index contributed by atoms with van der Waals surface area (Å²) in [5, 5.41) is 30.8. The molecule has 14 aromatic rings. The minimum Gasteiger partial charge on any atom is -0.0617 e. The summed E-state index contributed by atoms with van der Waals surface area (Å²) in [5.74, 6) is 0. The van der Waals surface area contributed by atoms with E-state index < -0.39 is 0 Å². The molecule has 0 atom stereocenters. The first kappa shape index (κ1) is 28.1. The molecule has 0 aliphatic carbocycles. The zero-order valence-corrected chi connectivity index (χ0v) is 30.5. The van der Waals surface area contributed by atoms with Gasteiger partial charge in [-0.05, 0) is 191 Å². The van der Waals surface area contributed by atoms with Crippen LogP contribution in [0.4, 0.5) is 0 Å². The Morgan fingerprint density at radius 1 is 0.204 bits per heavy atom. The topological polar surface area (TPSA) is 0 Å². The van der Waals surface area contributed by atoms with Gasteiger partial charge < -0.3 is 0 Å². The van der Waals surface area contributed by atoms with Crippen LogP contribution in [0, 0.1) is 27.7 Å². The van der Waals surface area contributed by atoms with Gasteiger partial charge in [0.25, 0.3) is 0 Å². The van der Waals surface area contributed by atoms with Crippen LogP contribution in [-0.2, 0) is 0 Å². The van der Waals surface area contributed by atoms with Crippen LogP contribution < -0.4 is 0 Å². The van der Waals surface area contributed by atoms with Gasteiger partial charge in [-0.15, -0.1) is 0 Å². The van der Waals surface area contributed by atoms with E-state index in [-0.39, 0.29) is 0 Å². The molecular formula is C54H32. The fourth-order valence-corrected chi connectivity index (χ4v) is 12.0. The molecule has 0 aliphatic rings. The summed E-state index contributed by atoms with van der Waals surface area (Å²) in [7, 11) is 0. The van der Waals surface area contributed by atoms with Crippen LogP contribution in [0.15, 0.2) is 121 Å². The highest BCUT2D eigenvalue weighted by Gasteiger charge is 2.32. The summed E-state index contributed by atoms with van der Waals surface area (Å²) in [6.07, 6.45) is 0. The summed E-state index contributed by atoms with van der Waals surface area (Å²) >= 11 is 0. The molecule has 0 spiro atoms. The third-order valence-corrected chi connectivity index (χ3v) is 13.9. The molecule has 0 unspecified atom stereocenters. The third kappa shape index (κ3) is 2.86. The molecule has 0 fully saturated rings. The first-order chi connectivity index (χ1) is 26.5. The van der Waals surface area contributed by atoms with E-state index >= 15 is 0 Å². The SMILES string of the molecule is Cc1cccc(C)c1-c1c2cccc3c4ccc5ccc6c(-c7c(C)cccc7C)c7cccc8c9ccc%10ccc1c1c%10c9c9c(c78)c6c5c4c9c1c23. The van der Waals surface area contributed by atoms with Crippen LogP contribution >= 0.6 is 0 Å². The fraction of sp³-hybridized carbons (Fsp3) is 0.0741. The van der Waals surface area contributed by atoms with E-state index in [9.17, 15) is 0 Å². The maximum Gasteiger partial charge on any atom is -0.0000253 e. The molecule has 0 aliphatic heterocycles. The molecule has 54 heavy (non-hydrogen) atoms. The van der Waals surface area contributed by atoms with E-state index in [1.165, 1.54) is 163 Å². The molecule has 248 valence electrons. The first-order valence-electron chi connectivity index (χ1n) is 19.4. The number of aryl methyl sites for hydroxylation is 4. The molecule has 0 nitrogen and oxygen atoms in total. The molecule has 0 heteroatoms. The minimum atomic E-state index is 1.33. The van der Waals surface area contributed by atoms with E-state index in [0.717, 1.165) is 0 Å². The Bertz CT molecular complexity index is 3610. The Morgan fingerprint density at radius 2 is 0.481 bits per heavy atom. The lowest BCUT2D eigenvalue weighted by Crippen LogP contribution is -2.01. The number of rotatable bonds is 2. The summed E-state index contributed by atoms with van der Waals surface area (Å²) in [5.41, 5.74) is 10.8. The van der Waals surface area contributed by atoms with Gasteiger partial charge in [0.2, 0.25) is 0 Å². The normalized spacial score (nSPS) is 13.2. The van der Waals surface area contributed by atoms with E-state index in [0.29, 0.717) is 0 Å². The molecule has 0 bridgehead atoms. The van der Waals surface area contributed by atoms with Gasteiger partial charge in [0.1, 0.15) is 0 Å². The molecule has 14 rings (SSSR count). The number of hydrogen-bond donors (Lipinski definition) is 0. The van der Waals surface area contributed by atoms with E-state index in [1.807, 2.05) is 0 Å². The Morgan fingerprint density at radius 3 is 0.889 bits per heavy atom. The maximum absolute atomic E-state index is 2.44. The molecule has 0 heterocycles. The van der Waals surface area contributed by atoms with E-state index in [1.54, 1.807) is 0 Å². The van der Waals surface area contributed by atoms with Crippen LogP contribution in [0.25, 0.3) is 141 Å². The second kappa shape index (κ2) is 8.99. The molecule has 0 aromatic heterocycles. The monoisotopic (exact) mass is 680 g/mol. The van der Waals surface area contributed by atoms with Crippen LogP contribution in [0.2, 0.25) is 0 Å². The van der Waals surface area contributed by atoms with Crippen molar-refractivity contribution in [2.75, 3.05) is 0 Å². The third-order valence-electron chi connectivity index (χ3n) is 13.9. The summed E-state index contributed by atoms with van der Waals surface area (Å²) in [6, 6.07) is 47.2. The lowest BCUT2D eigenvalue weighted by Gasteiger charge is -2.30. The zero-order valence-electron chi connectivity index (χ0n) is 30.5. The van der Waals surface area contributed by atoms with Gasteiger partial charge in [0, 0.05) is 0 Å².